The summed E-state index contributed by atoms with van der Waals surface area (Å²) in [5, 5.41) is 30.1. The third-order valence-electron chi connectivity index (χ3n) is 1.85. The summed E-state index contributed by atoms with van der Waals surface area (Å²) < 4.78 is 4.65. The van der Waals surface area contributed by atoms with Crippen LogP contribution in [0.1, 0.15) is 0 Å². The molecule has 1 saturated heterocycles. The second-order valence-corrected chi connectivity index (χ2v) is 2.60. The number of likely N-dealkylation sites (N-methyl/N-ethyl adjacent to an activating group) is 1. The summed E-state index contributed by atoms with van der Waals surface area (Å²) in [5.74, 6) is 0. The van der Waals surface area contributed by atoms with Gasteiger partial charge in [0.05, 0.1) is 18.8 Å². The van der Waals surface area contributed by atoms with Gasteiger partial charge in [0.15, 0.2) is 6.29 Å². The molecule has 5 nitrogen and oxygen atoms in total. The van der Waals surface area contributed by atoms with Crippen molar-refractivity contribution in [1.82, 2.24) is 5.32 Å². The van der Waals surface area contributed by atoms with Crippen molar-refractivity contribution in [1.29, 1.82) is 0 Å². The molecule has 1 aliphatic heterocycles. The van der Waals surface area contributed by atoms with Gasteiger partial charge in [0, 0.05) is 0 Å². The van der Waals surface area contributed by atoms with Crippen LogP contribution in [0.5, 0.6) is 0 Å². The van der Waals surface area contributed by atoms with Crippen molar-refractivity contribution in [2.24, 2.45) is 0 Å². The lowest BCUT2D eigenvalue weighted by atomic mass is 10.0. The van der Waals surface area contributed by atoms with Gasteiger partial charge in [0.25, 0.3) is 0 Å². The fourth-order valence-corrected chi connectivity index (χ4v) is 1.17. The summed E-state index contributed by atoms with van der Waals surface area (Å²) in [4.78, 5) is 0. The first-order valence-corrected chi connectivity index (χ1v) is 3.50. The third-order valence-corrected chi connectivity index (χ3v) is 1.85. The molecule has 1 heterocycles. The molecule has 66 valence electrons. The normalized spacial score (nSPS) is 45.8. The van der Waals surface area contributed by atoms with E-state index in [0.717, 1.165) is 0 Å². The Morgan fingerprint density at radius 1 is 1.36 bits per heavy atom. The van der Waals surface area contributed by atoms with Gasteiger partial charge in [-0.15, -0.1) is 0 Å². The number of ether oxygens (including phenoxy) is 1. The highest BCUT2D eigenvalue weighted by atomic mass is 16.6. The first-order valence-electron chi connectivity index (χ1n) is 3.50. The zero-order valence-corrected chi connectivity index (χ0v) is 6.27. The van der Waals surface area contributed by atoms with E-state index in [9.17, 15) is 10.2 Å². The van der Waals surface area contributed by atoms with Crippen molar-refractivity contribution in [3.63, 3.8) is 0 Å². The van der Waals surface area contributed by atoms with E-state index in [1.807, 2.05) is 0 Å². The van der Waals surface area contributed by atoms with Crippen LogP contribution < -0.4 is 5.32 Å². The van der Waals surface area contributed by atoms with Gasteiger partial charge in [0.1, 0.15) is 6.10 Å². The van der Waals surface area contributed by atoms with E-state index < -0.39 is 24.5 Å². The van der Waals surface area contributed by atoms with Crippen LogP contribution in [-0.2, 0) is 4.74 Å². The number of rotatable bonds is 1. The second kappa shape index (κ2) is 3.46. The Hall–Kier alpha value is -0.200. The van der Waals surface area contributed by atoms with Crippen molar-refractivity contribution in [2.45, 2.75) is 24.5 Å². The Balaban J connectivity index is 2.55. The van der Waals surface area contributed by atoms with E-state index >= 15 is 0 Å². The molecule has 0 aliphatic carbocycles. The molecular formula is C6H13NO4. The predicted molar refractivity (Wildman–Crippen MR) is 36.8 cm³/mol. The van der Waals surface area contributed by atoms with Gasteiger partial charge < -0.3 is 25.4 Å². The van der Waals surface area contributed by atoms with E-state index in [2.05, 4.69) is 10.1 Å². The van der Waals surface area contributed by atoms with E-state index in [4.69, 9.17) is 5.11 Å². The maximum absolute atomic E-state index is 9.21. The number of hydrogen-bond acceptors (Lipinski definition) is 5. The average Bonchev–Trinajstić information content (AvgIpc) is 1.99. The number of hydrogen-bond donors (Lipinski definition) is 4. The monoisotopic (exact) mass is 163 g/mol. The summed E-state index contributed by atoms with van der Waals surface area (Å²) in [6.45, 7) is 0.0454. The maximum atomic E-state index is 9.21. The lowest BCUT2D eigenvalue weighted by Crippen LogP contribution is -2.58. The standard InChI is InChI=1S/C6H13NO4/c1-7-4-3(8)2-11-6(10)5(4)9/h3-10H,2H2,1H3. The minimum absolute atomic E-state index is 0.0454. The molecule has 11 heavy (non-hydrogen) atoms. The highest BCUT2D eigenvalue weighted by molar-refractivity contribution is 4.86. The summed E-state index contributed by atoms with van der Waals surface area (Å²) in [5.41, 5.74) is 0. The van der Waals surface area contributed by atoms with Crippen LogP contribution in [0.25, 0.3) is 0 Å². The molecule has 0 spiro atoms. The zero-order valence-electron chi connectivity index (χ0n) is 6.27. The van der Waals surface area contributed by atoms with E-state index in [1.54, 1.807) is 7.05 Å². The molecule has 4 atom stereocenters. The lowest BCUT2D eigenvalue weighted by molar-refractivity contribution is -0.223. The summed E-state index contributed by atoms with van der Waals surface area (Å²) in [6, 6.07) is -0.515. The van der Waals surface area contributed by atoms with E-state index in [1.165, 1.54) is 0 Å². The number of nitrogens with one attached hydrogen (secondary N) is 1. The zero-order chi connectivity index (χ0) is 8.43. The highest BCUT2D eigenvalue weighted by Crippen LogP contribution is 2.12. The van der Waals surface area contributed by atoms with Gasteiger partial charge in [-0.05, 0) is 7.05 Å². The van der Waals surface area contributed by atoms with Gasteiger partial charge in [-0.2, -0.15) is 0 Å². The number of aliphatic hydroxyl groups excluding tert-OH is 3. The topological polar surface area (TPSA) is 82.0 Å². The Morgan fingerprint density at radius 2 is 2.00 bits per heavy atom. The molecule has 0 saturated carbocycles. The SMILES string of the molecule is CNC1C(O)COC(O)C1O. The minimum Gasteiger partial charge on any atom is -0.389 e. The molecule has 0 aromatic heterocycles. The van der Waals surface area contributed by atoms with E-state index in [0.29, 0.717) is 0 Å². The van der Waals surface area contributed by atoms with Gasteiger partial charge >= 0.3 is 0 Å². The van der Waals surface area contributed by atoms with Gasteiger partial charge in [-0.3, -0.25) is 0 Å². The van der Waals surface area contributed by atoms with Crippen LogP contribution >= 0.6 is 0 Å². The van der Waals surface area contributed by atoms with Gasteiger partial charge in [-0.1, -0.05) is 0 Å². The molecule has 5 heteroatoms. The fourth-order valence-electron chi connectivity index (χ4n) is 1.17. The first-order chi connectivity index (χ1) is 5.16. The van der Waals surface area contributed by atoms with Crippen molar-refractivity contribution < 1.29 is 20.1 Å². The molecule has 0 radical (unpaired) electrons. The second-order valence-electron chi connectivity index (χ2n) is 2.60. The minimum atomic E-state index is -1.20. The summed E-state index contributed by atoms with van der Waals surface area (Å²) in [7, 11) is 1.61. The molecule has 4 N–H and O–H groups in total. The Morgan fingerprint density at radius 3 is 2.45 bits per heavy atom. The summed E-state index contributed by atoms with van der Waals surface area (Å²) >= 11 is 0. The Bertz CT molecular complexity index is 132. The van der Waals surface area contributed by atoms with Crippen LogP contribution in [0.2, 0.25) is 0 Å². The quantitative estimate of drug-likeness (QED) is 0.348. The lowest BCUT2D eigenvalue weighted by Gasteiger charge is -2.35. The molecule has 4 unspecified atom stereocenters. The van der Waals surface area contributed by atoms with Crippen molar-refractivity contribution in [2.75, 3.05) is 13.7 Å². The molecule has 1 aliphatic rings. The smallest absolute Gasteiger partial charge is 0.182 e. The molecule has 0 aromatic rings. The van der Waals surface area contributed by atoms with Crippen LogP contribution in [0, 0.1) is 0 Å². The van der Waals surface area contributed by atoms with Gasteiger partial charge in [-0.25, -0.2) is 0 Å². The first kappa shape index (κ1) is 8.89. The van der Waals surface area contributed by atoms with Crippen LogP contribution in [0.3, 0.4) is 0 Å². The largest absolute Gasteiger partial charge is 0.389 e. The van der Waals surface area contributed by atoms with Crippen LogP contribution in [-0.4, -0.2) is 53.5 Å². The van der Waals surface area contributed by atoms with Crippen molar-refractivity contribution in [3.05, 3.63) is 0 Å². The average molecular weight is 163 g/mol. The molecule has 1 fully saturated rings. The van der Waals surface area contributed by atoms with E-state index in [-0.39, 0.29) is 6.61 Å². The van der Waals surface area contributed by atoms with Crippen LogP contribution in [0.15, 0.2) is 0 Å². The highest BCUT2D eigenvalue weighted by Gasteiger charge is 2.36. The predicted octanol–water partition coefficient (Wildman–Crippen LogP) is -2.36. The van der Waals surface area contributed by atoms with Gasteiger partial charge in [0.2, 0.25) is 0 Å². The molecule has 0 bridgehead atoms. The molecule has 1 rings (SSSR count). The Kier molecular flexibility index (Phi) is 2.80. The molecule has 0 aromatic carbocycles. The summed E-state index contributed by atoms with van der Waals surface area (Å²) in [6.07, 6.45) is -3.03. The maximum Gasteiger partial charge on any atom is 0.182 e. The molecule has 0 amide bonds. The van der Waals surface area contributed by atoms with Crippen molar-refractivity contribution in [3.8, 4) is 0 Å². The van der Waals surface area contributed by atoms with Crippen molar-refractivity contribution >= 4 is 0 Å². The fraction of sp³-hybridized carbons (Fsp3) is 1.00. The third kappa shape index (κ3) is 1.69. The number of aliphatic hydroxyl groups is 3. The van der Waals surface area contributed by atoms with Crippen LogP contribution in [0.4, 0.5) is 0 Å². The molecular weight excluding hydrogens is 150 g/mol. The Labute approximate surface area is 64.6 Å².